The van der Waals surface area contributed by atoms with E-state index in [0.29, 0.717) is 5.69 Å². The largest absolute Gasteiger partial charge is 0.493 e. The summed E-state index contributed by atoms with van der Waals surface area (Å²) in [6, 6.07) is 11.2. The molecule has 0 atom stereocenters. The molecule has 1 aliphatic rings. The van der Waals surface area contributed by atoms with E-state index in [1.54, 1.807) is 30.3 Å². The molecule has 9 heteroatoms. The van der Waals surface area contributed by atoms with E-state index in [1.807, 2.05) is 0 Å². The summed E-state index contributed by atoms with van der Waals surface area (Å²) in [6.07, 6.45) is 1.27. The molecule has 0 spiro atoms. The lowest BCUT2D eigenvalue weighted by Gasteiger charge is -2.13. The maximum atomic E-state index is 12.6. The molecule has 0 unspecified atom stereocenters. The second-order valence-electron chi connectivity index (χ2n) is 5.51. The molecule has 0 aliphatic carbocycles. The summed E-state index contributed by atoms with van der Waals surface area (Å²) in [5, 5.41) is 12.4. The molecule has 2 aromatic carbocycles. The number of nitro groups is 1. The maximum absolute atomic E-state index is 12.6. The highest BCUT2D eigenvalue weighted by Gasteiger charge is 2.34. The van der Waals surface area contributed by atoms with Gasteiger partial charge in [0.1, 0.15) is 5.57 Å². The molecule has 27 heavy (non-hydrogen) atoms. The van der Waals surface area contributed by atoms with Gasteiger partial charge in [-0.3, -0.25) is 25.1 Å². The third-order valence-corrected chi connectivity index (χ3v) is 3.90. The number of nitrogens with zero attached hydrogens (tertiary/aromatic N) is 2. The summed E-state index contributed by atoms with van der Waals surface area (Å²) in [4.78, 5) is 35.5. The number of hydrazine groups is 1. The SMILES string of the molecule is COc1cc(/C=C2/C(=O)NN(c3ccccc3)C2=O)cc([N+](=O)[O-])c1OC. The van der Waals surface area contributed by atoms with Gasteiger partial charge >= 0.3 is 5.69 Å². The molecule has 1 fully saturated rings. The van der Waals surface area contributed by atoms with Gasteiger partial charge in [0.2, 0.25) is 5.75 Å². The second kappa shape index (κ2) is 7.16. The molecule has 0 aromatic heterocycles. The van der Waals surface area contributed by atoms with Gasteiger partial charge in [-0.1, -0.05) is 18.2 Å². The van der Waals surface area contributed by atoms with Gasteiger partial charge in [0.05, 0.1) is 24.8 Å². The normalized spacial score (nSPS) is 15.0. The van der Waals surface area contributed by atoms with Crippen molar-refractivity contribution in [3.05, 3.63) is 63.7 Å². The minimum absolute atomic E-state index is 0.0437. The van der Waals surface area contributed by atoms with Crippen molar-refractivity contribution in [2.45, 2.75) is 0 Å². The van der Waals surface area contributed by atoms with Crippen LogP contribution in [0.15, 0.2) is 48.0 Å². The highest BCUT2D eigenvalue weighted by molar-refractivity contribution is 6.31. The van der Waals surface area contributed by atoms with Crippen molar-refractivity contribution in [2.75, 3.05) is 19.2 Å². The number of hydrogen-bond acceptors (Lipinski definition) is 6. The Morgan fingerprint density at radius 2 is 1.81 bits per heavy atom. The summed E-state index contributed by atoms with van der Waals surface area (Å²) >= 11 is 0. The van der Waals surface area contributed by atoms with Crippen LogP contribution in [0.5, 0.6) is 11.5 Å². The fraction of sp³-hybridized carbons (Fsp3) is 0.111. The number of nitrogens with one attached hydrogen (secondary N) is 1. The van der Waals surface area contributed by atoms with E-state index < -0.39 is 16.7 Å². The number of amides is 2. The van der Waals surface area contributed by atoms with Gasteiger partial charge in [-0.25, -0.2) is 5.01 Å². The molecule has 0 radical (unpaired) electrons. The highest BCUT2D eigenvalue weighted by atomic mass is 16.6. The van der Waals surface area contributed by atoms with E-state index in [4.69, 9.17) is 9.47 Å². The van der Waals surface area contributed by atoms with Gasteiger partial charge < -0.3 is 9.47 Å². The molecule has 2 aromatic rings. The number of rotatable bonds is 5. The molecule has 0 saturated carbocycles. The van der Waals surface area contributed by atoms with Crippen LogP contribution in [-0.2, 0) is 9.59 Å². The second-order valence-corrected chi connectivity index (χ2v) is 5.51. The van der Waals surface area contributed by atoms with Crippen LogP contribution in [0.3, 0.4) is 0 Å². The average molecular weight is 369 g/mol. The third kappa shape index (κ3) is 3.30. The maximum Gasteiger partial charge on any atom is 0.315 e. The number of carbonyl (C=O) groups excluding carboxylic acids is 2. The summed E-state index contributed by atoms with van der Waals surface area (Å²) in [6.45, 7) is 0. The summed E-state index contributed by atoms with van der Waals surface area (Å²) in [5.74, 6) is -1.10. The van der Waals surface area contributed by atoms with Crippen molar-refractivity contribution < 1.29 is 24.0 Å². The Labute approximate surface area is 153 Å². The summed E-state index contributed by atoms with van der Waals surface area (Å²) < 4.78 is 10.2. The number of para-hydroxylation sites is 1. The fourth-order valence-corrected chi connectivity index (χ4v) is 2.67. The van der Waals surface area contributed by atoms with E-state index in [1.165, 1.54) is 32.4 Å². The van der Waals surface area contributed by atoms with E-state index in [0.717, 1.165) is 5.01 Å². The number of methoxy groups -OCH3 is 2. The Morgan fingerprint density at radius 1 is 1.11 bits per heavy atom. The minimum atomic E-state index is -0.629. The molecule has 0 bridgehead atoms. The first-order valence-electron chi connectivity index (χ1n) is 7.79. The number of carbonyl (C=O) groups is 2. The van der Waals surface area contributed by atoms with E-state index >= 15 is 0 Å². The lowest BCUT2D eigenvalue weighted by atomic mass is 10.1. The van der Waals surface area contributed by atoms with Crippen molar-refractivity contribution in [3.63, 3.8) is 0 Å². The zero-order valence-corrected chi connectivity index (χ0v) is 14.5. The van der Waals surface area contributed by atoms with Crippen LogP contribution in [0.1, 0.15) is 5.56 Å². The third-order valence-electron chi connectivity index (χ3n) is 3.90. The smallest absolute Gasteiger partial charge is 0.315 e. The van der Waals surface area contributed by atoms with Gasteiger partial charge in [-0.15, -0.1) is 0 Å². The first-order chi connectivity index (χ1) is 13.0. The lowest BCUT2D eigenvalue weighted by Crippen LogP contribution is -2.35. The van der Waals surface area contributed by atoms with Crippen molar-refractivity contribution in [1.82, 2.24) is 5.43 Å². The Kier molecular flexibility index (Phi) is 4.75. The number of anilines is 1. The highest BCUT2D eigenvalue weighted by Crippen LogP contribution is 2.38. The lowest BCUT2D eigenvalue weighted by molar-refractivity contribution is -0.385. The van der Waals surface area contributed by atoms with Crippen molar-refractivity contribution in [1.29, 1.82) is 0 Å². The van der Waals surface area contributed by atoms with E-state index in [2.05, 4.69) is 5.43 Å². The quantitative estimate of drug-likeness (QED) is 0.374. The summed E-state index contributed by atoms with van der Waals surface area (Å²) in [7, 11) is 2.62. The molecular weight excluding hydrogens is 354 g/mol. The molecule has 1 N–H and O–H groups in total. The first kappa shape index (κ1) is 17.9. The monoisotopic (exact) mass is 369 g/mol. The Hall–Kier alpha value is -3.88. The van der Waals surface area contributed by atoms with Gasteiger partial charge in [-0.2, -0.15) is 0 Å². The van der Waals surface area contributed by atoms with Crippen molar-refractivity contribution in [3.8, 4) is 11.5 Å². The van der Waals surface area contributed by atoms with Crippen LogP contribution < -0.4 is 19.9 Å². The number of nitro benzene ring substituents is 1. The zero-order chi connectivity index (χ0) is 19.6. The van der Waals surface area contributed by atoms with Crippen molar-refractivity contribution in [2.24, 2.45) is 0 Å². The van der Waals surface area contributed by atoms with Crippen LogP contribution in [-0.4, -0.2) is 31.0 Å². The van der Waals surface area contributed by atoms with Crippen molar-refractivity contribution >= 4 is 29.3 Å². The number of ether oxygens (including phenoxy) is 2. The first-order valence-corrected chi connectivity index (χ1v) is 7.79. The molecule has 1 heterocycles. The minimum Gasteiger partial charge on any atom is -0.493 e. The fourth-order valence-electron chi connectivity index (χ4n) is 2.67. The Bertz CT molecular complexity index is 955. The van der Waals surface area contributed by atoms with Crippen LogP contribution in [0.2, 0.25) is 0 Å². The van der Waals surface area contributed by atoms with E-state index in [-0.39, 0.29) is 28.3 Å². The van der Waals surface area contributed by atoms with Gasteiger partial charge in [0, 0.05) is 6.07 Å². The van der Waals surface area contributed by atoms with E-state index in [9.17, 15) is 19.7 Å². The number of hydrogen-bond donors (Lipinski definition) is 1. The molecule has 2 amide bonds. The molecule has 3 rings (SSSR count). The van der Waals surface area contributed by atoms with Crippen LogP contribution in [0.25, 0.3) is 6.08 Å². The van der Waals surface area contributed by atoms with Gasteiger partial charge in [-0.05, 0) is 29.8 Å². The predicted molar refractivity (Wildman–Crippen MR) is 96.2 cm³/mol. The average Bonchev–Trinajstić information content (AvgIpc) is 2.96. The summed E-state index contributed by atoms with van der Waals surface area (Å²) in [5.41, 5.74) is 2.73. The van der Waals surface area contributed by atoms with Crippen LogP contribution in [0, 0.1) is 10.1 Å². The molecule has 138 valence electrons. The standard InChI is InChI=1S/C18H15N3O6/c1-26-15-10-11(9-14(21(24)25)16(15)27-2)8-13-17(22)19-20(18(13)23)12-6-4-3-5-7-12/h3-10H,1-2H3,(H,19,22)/b13-8-. The Balaban J connectivity index is 2.04. The van der Waals surface area contributed by atoms with Gasteiger partial charge in [0.25, 0.3) is 11.8 Å². The Morgan fingerprint density at radius 3 is 2.41 bits per heavy atom. The molecular formula is C18H15N3O6. The van der Waals surface area contributed by atoms with Gasteiger partial charge in [0.15, 0.2) is 5.75 Å². The molecule has 9 nitrogen and oxygen atoms in total. The zero-order valence-electron chi connectivity index (χ0n) is 14.5. The van der Waals surface area contributed by atoms with Crippen LogP contribution >= 0.6 is 0 Å². The van der Waals surface area contributed by atoms with Crippen LogP contribution in [0.4, 0.5) is 11.4 Å². The molecule has 1 aliphatic heterocycles. The number of benzene rings is 2. The predicted octanol–water partition coefficient (Wildman–Crippen LogP) is 2.07. The topological polar surface area (TPSA) is 111 Å². The molecule has 1 saturated heterocycles.